The summed E-state index contributed by atoms with van der Waals surface area (Å²) in [6.07, 6.45) is 3.66. The number of hydrogen-bond acceptors (Lipinski definition) is 4. The van der Waals surface area contributed by atoms with Crippen molar-refractivity contribution < 1.29 is 9.90 Å². The number of hydrazone groups is 1. The fourth-order valence-corrected chi connectivity index (χ4v) is 2.90. The van der Waals surface area contributed by atoms with Gasteiger partial charge < -0.3 is 10.0 Å². The molecule has 2 N–H and O–H groups in total. The third kappa shape index (κ3) is 2.54. The third-order valence-corrected chi connectivity index (χ3v) is 4.00. The van der Waals surface area contributed by atoms with Gasteiger partial charge in [0.05, 0.1) is 11.6 Å². The van der Waals surface area contributed by atoms with Crippen LogP contribution in [0, 0.1) is 5.92 Å². The van der Waals surface area contributed by atoms with E-state index < -0.39 is 0 Å². The summed E-state index contributed by atoms with van der Waals surface area (Å²) >= 11 is 0. The molecule has 0 aromatic heterocycles. The molecule has 1 fully saturated rings. The number of nitrogens with one attached hydrogen (secondary N) is 1. The number of para-hydroxylation sites is 1. The summed E-state index contributed by atoms with van der Waals surface area (Å²) in [5.41, 5.74) is 3.84. The zero-order chi connectivity index (χ0) is 13.9. The van der Waals surface area contributed by atoms with Gasteiger partial charge in [0, 0.05) is 12.1 Å². The highest BCUT2D eigenvalue weighted by Gasteiger charge is 2.33. The number of phenolic OH excluding ortho intramolecular Hbond substituents is 1. The van der Waals surface area contributed by atoms with Gasteiger partial charge in [-0.2, -0.15) is 5.10 Å². The molecule has 20 heavy (non-hydrogen) atoms. The van der Waals surface area contributed by atoms with Crippen LogP contribution in [0.4, 0.5) is 0 Å². The smallest absolute Gasteiger partial charge is 0.250 e. The quantitative estimate of drug-likeness (QED) is 0.873. The number of piperidine rings is 1. The minimum atomic E-state index is -0.290. The first-order valence-electron chi connectivity index (χ1n) is 7.14. The molecule has 0 saturated carbocycles. The van der Waals surface area contributed by atoms with E-state index in [-0.39, 0.29) is 17.6 Å². The van der Waals surface area contributed by atoms with Crippen LogP contribution in [-0.4, -0.2) is 41.3 Å². The zero-order valence-electron chi connectivity index (χ0n) is 11.4. The summed E-state index contributed by atoms with van der Waals surface area (Å²) in [7, 11) is 0. The van der Waals surface area contributed by atoms with Crippen LogP contribution in [0.3, 0.4) is 0 Å². The van der Waals surface area contributed by atoms with Crippen molar-refractivity contribution in [3.63, 3.8) is 0 Å². The molecule has 0 radical (unpaired) electrons. The van der Waals surface area contributed by atoms with Gasteiger partial charge in [0.1, 0.15) is 5.75 Å². The molecule has 0 spiro atoms. The van der Waals surface area contributed by atoms with Gasteiger partial charge in [-0.25, -0.2) is 5.43 Å². The maximum atomic E-state index is 12.0. The summed E-state index contributed by atoms with van der Waals surface area (Å²) in [4.78, 5) is 14.3. The Bertz CT molecular complexity index is 536. The second-order valence-electron chi connectivity index (χ2n) is 5.40. The van der Waals surface area contributed by atoms with Crippen LogP contribution in [-0.2, 0) is 4.79 Å². The molecule has 1 aromatic rings. The number of likely N-dealkylation sites (tertiary alicyclic amines) is 1. The monoisotopic (exact) mass is 273 g/mol. The first-order valence-corrected chi connectivity index (χ1v) is 7.14. The Balaban J connectivity index is 1.79. The van der Waals surface area contributed by atoms with Crippen molar-refractivity contribution in [3.8, 4) is 5.75 Å². The molecule has 1 amide bonds. The van der Waals surface area contributed by atoms with Crippen molar-refractivity contribution >= 4 is 11.6 Å². The van der Waals surface area contributed by atoms with E-state index in [2.05, 4.69) is 15.4 Å². The molecule has 0 bridgehead atoms. The van der Waals surface area contributed by atoms with Gasteiger partial charge in [0.2, 0.25) is 0 Å². The Morgan fingerprint density at radius 1 is 1.25 bits per heavy atom. The SMILES string of the molecule is O=C1NN=C(c2ccccc2O)[C@@H]1CN1CCCCC1. The predicted molar refractivity (Wildman–Crippen MR) is 76.6 cm³/mol. The predicted octanol–water partition coefficient (Wildman–Crippen LogP) is 1.33. The molecule has 2 aliphatic rings. The van der Waals surface area contributed by atoms with Gasteiger partial charge in [-0.05, 0) is 38.1 Å². The van der Waals surface area contributed by atoms with E-state index in [0.717, 1.165) is 13.1 Å². The summed E-state index contributed by atoms with van der Waals surface area (Å²) in [6, 6.07) is 7.04. The van der Waals surface area contributed by atoms with Crippen molar-refractivity contribution in [3.05, 3.63) is 29.8 Å². The Hall–Kier alpha value is -1.88. The minimum Gasteiger partial charge on any atom is -0.507 e. The van der Waals surface area contributed by atoms with Crippen LogP contribution >= 0.6 is 0 Å². The maximum Gasteiger partial charge on any atom is 0.250 e. The lowest BCUT2D eigenvalue weighted by molar-refractivity contribution is -0.122. The average Bonchev–Trinajstić information content (AvgIpc) is 2.82. The maximum absolute atomic E-state index is 12.0. The molecular weight excluding hydrogens is 254 g/mol. The van der Waals surface area contributed by atoms with E-state index in [9.17, 15) is 9.90 Å². The summed E-state index contributed by atoms with van der Waals surface area (Å²) in [5, 5.41) is 14.1. The molecule has 1 atom stereocenters. The van der Waals surface area contributed by atoms with Gasteiger partial charge in [-0.3, -0.25) is 4.79 Å². The van der Waals surface area contributed by atoms with Gasteiger partial charge in [0.15, 0.2) is 0 Å². The van der Waals surface area contributed by atoms with Crippen molar-refractivity contribution in [2.45, 2.75) is 19.3 Å². The van der Waals surface area contributed by atoms with E-state index in [4.69, 9.17) is 0 Å². The fraction of sp³-hybridized carbons (Fsp3) is 0.467. The summed E-state index contributed by atoms with van der Waals surface area (Å²) < 4.78 is 0. The second-order valence-corrected chi connectivity index (χ2v) is 5.40. The van der Waals surface area contributed by atoms with Crippen LogP contribution in [0.2, 0.25) is 0 Å². The number of benzene rings is 1. The number of nitrogens with zero attached hydrogens (tertiary/aromatic N) is 2. The van der Waals surface area contributed by atoms with Crippen molar-refractivity contribution in [2.24, 2.45) is 11.0 Å². The molecular formula is C15H19N3O2. The van der Waals surface area contributed by atoms with Crippen LogP contribution in [0.1, 0.15) is 24.8 Å². The van der Waals surface area contributed by atoms with Crippen molar-refractivity contribution in [1.82, 2.24) is 10.3 Å². The second kappa shape index (κ2) is 5.63. The minimum absolute atomic E-state index is 0.0752. The van der Waals surface area contributed by atoms with E-state index >= 15 is 0 Å². The van der Waals surface area contributed by atoms with E-state index in [1.54, 1.807) is 18.2 Å². The number of phenols is 1. The normalized spacial score (nSPS) is 23.5. The number of hydrogen-bond donors (Lipinski definition) is 2. The third-order valence-electron chi connectivity index (χ3n) is 4.00. The van der Waals surface area contributed by atoms with Crippen LogP contribution in [0.15, 0.2) is 29.4 Å². The molecule has 0 aliphatic carbocycles. The number of carbonyl (C=O) groups excluding carboxylic acids is 1. The first-order chi connectivity index (χ1) is 9.75. The summed E-state index contributed by atoms with van der Waals surface area (Å²) in [5.74, 6) is -0.193. The van der Waals surface area contributed by atoms with Crippen molar-refractivity contribution in [2.75, 3.05) is 19.6 Å². The number of carbonyl (C=O) groups is 1. The average molecular weight is 273 g/mol. The summed E-state index contributed by atoms with van der Waals surface area (Å²) in [6.45, 7) is 2.76. The lowest BCUT2D eigenvalue weighted by Gasteiger charge is -2.28. The molecule has 1 saturated heterocycles. The highest BCUT2D eigenvalue weighted by molar-refractivity contribution is 6.17. The van der Waals surface area contributed by atoms with E-state index in [1.165, 1.54) is 19.3 Å². The Morgan fingerprint density at radius 3 is 2.75 bits per heavy atom. The van der Waals surface area contributed by atoms with Gasteiger partial charge in [0.25, 0.3) is 5.91 Å². The highest BCUT2D eigenvalue weighted by Crippen LogP contribution is 2.24. The van der Waals surface area contributed by atoms with Crippen LogP contribution in [0.25, 0.3) is 0 Å². The van der Waals surface area contributed by atoms with Gasteiger partial charge in [-0.15, -0.1) is 0 Å². The molecule has 5 heteroatoms. The molecule has 0 unspecified atom stereocenters. The van der Waals surface area contributed by atoms with Crippen molar-refractivity contribution in [1.29, 1.82) is 0 Å². The highest BCUT2D eigenvalue weighted by atomic mass is 16.3. The molecule has 2 heterocycles. The zero-order valence-corrected chi connectivity index (χ0v) is 11.4. The van der Waals surface area contributed by atoms with E-state index in [0.29, 0.717) is 17.8 Å². The molecule has 5 nitrogen and oxygen atoms in total. The van der Waals surface area contributed by atoms with E-state index in [1.807, 2.05) is 6.07 Å². The number of amides is 1. The van der Waals surface area contributed by atoms with Gasteiger partial charge in [-0.1, -0.05) is 18.6 Å². The standard InChI is InChI=1S/C15H19N3O2/c19-13-7-3-2-6-11(13)14-12(15(20)17-16-14)10-18-8-4-1-5-9-18/h2-3,6-7,12,19H,1,4-5,8-10H2,(H,17,20)/t12-/m0/s1. The Labute approximate surface area is 118 Å². The Kier molecular flexibility index (Phi) is 3.69. The first kappa shape index (κ1) is 13.1. The molecule has 2 aliphatic heterocycles. The molecule has 1 aromatic carbocycles. The van der Waals surface area contributed by atoms with Crippen LogP contribution in [0.5, 0.6) is 5.75 Å². The number of rotatable bonds is 3. The van der Waals surface area contributed by atoms with Crippen LogP contribution < -0.4 is 5.43 Å². The molecule has 106 valence electrons. The largest absolute Gasteiger partial charge is 0.507 e. The van der Waals surface area contributed by atoms with Gasteiger partial charge >= 0.3 is 0 Å². The lowest BCUT2D eigenvalue weighted by atomic mass is 9.95. The lowest BCUT2D eigenvalue weighted by Crippen LogP contribution is -2.39. The topological polar surface area (TPSA) is 64.9 Å². The molecule has 3 rings (SSSR count). The fourth-order valence-electron chi connectivity index (χ4n) is 2.90. The Morgan fingerprint density at radius 2 is 2.00 bits per heavy atom. The number of aromatic hydroxyl groups is 1.